The van der Waals surface area contributed by atoms with Gasteiger partial charge in [0, 0.05) is 11.6 Å². The highest BCUT2D eigenvalue weighted by Gasteiger charge is 2.31. The van der Waals surface area contributed by atoms with Crippen molar-refractivity contribution in [3.63, 3.8) is 0 Å². The number of rotatable bonds is 3. The summed E-state index contributed by atoms with van der Waals surface area (Å²) in [6.07, 6.45) is 2.44. The SMILES string of the molecule is COc1c(N)cccc1[C@@H](N)C1CC1. The molecule has 1 aliphatic carbocycles. The van der Waals surface area contributed by atoms with E-state index in [2.05, 4.69) is 0 Å². The highest BCUT2D eigenvalue weighted by Crippen LogP contribution is 2.43. The molecule has 0 saturated heterocycles. The summed E-state index contributed by atoms with van der Waals surface area (Å²) in [5.74, 6) is 1.36. The van der Waals surface area contributed by atoms with Crippen molar-refractivity contribution in [2.45, 2.75) is 18.9 Å². The van der Waals surface area contributed by atoms with Crippen LogP contribution in [0.25, 0.3) is 0 Å². The third-order valence-corrected chi connectivity index (χ3v) is 2.77. The molecular weight excluding hydrogens is 176 g/mol. The molecule has 1 aliphatic rings. The smallest absolute Gasteiger partial charge is 0.146 e. The van der Waals surface area contributed by atoms with Gasteiger partial charge in [-0.2, -0.15) is 0 Å². The maximum Gasteiger partial charge on any atom is 0.146 e. The van der Waals surface area contributed by atoms with Gasteiger partial charge < -0.3 is 16.2 Å². The summed E-state index contributed by atoms with van der Waals surface area (Å²) in [7, 11) is 1.63. The Kier molecular flexibility index (Phi) is 2.33. The molecule has 0 bridgehead atoms. The van der Waals surface area contributed by atoms with Gasteiger partial charge in [0.15, 0.2) is 0 Å². The highest BCUT2D eigenvalue weighted by atomic mass is 16.5. The van der Waals surface area contributed by atoms with E-state index in [0.29, 0.717) is 11.6 Å². The van der Waals surface area contributed by atoms with Crippen LogP contribution in [0.15, 0.2) is 18.2 Å². The summed E-state index contributed by atoms with van der Waals surface area (Å²) >= 11 is 0. The Labute approximate surface area is 84.0 Å². The molecule has 2 rings (SSSR count). The number of hydrogen-bond donors (Lipinski definition) is 2. The minimum Gasteiger partial charge on any atom is -0.494 e. The fourth-order valence-corrected chi connectivity index (χ4v) is 1.78. The van der Waals surface area contributed by atoms with Crippen LogP contribution in [0.3, 0.4) is 0 Å². The molecule has 0 amide bonds. The molecule has 76 valence electrons. The molecule has 1 aromatic rings. The minimum atomic E-state index is 0.0773. The lowest BCUT2D eigenvalue weighted by Crippen LogP contribution is -2.14. The van der Waals surface area contributed by atoms with Gasteiger partial charge in [-0.15, -0.1) is 0 Å². The molecular formula is C11H16N2O. The van der Waals surface area contributed by atoms with Gasteiger partial charge in [0.1, 0.15) is 5.75 Å². The van der Waals surface area contributed by atoms with E-state index >= 15 is 0 Å². The van der Waals surface area contributed by atoms with Gasteiger partial charge in [-0.3, -0.25) is 0 Å². The minimum absolute atomic E-state index is 0.0773. The Hall–Kier alpha value is -1.22. The van der Waals surface area contributed by atoms with Gasteiger partial charge >= 0.3 is 0 Å². The standard InChI is InChI=1S/C11H16N2O/c1-14-11-8(3-2-4-9(11)12)10(13)7-5-6-7/h2-4,7,10H,5-6,12-13H2,1H3/t10-/m0/s1. The molecule has 0 spiro atoms. The number of methoxy groups -OCH3 is 1. The van der Waals surface area contributed by atoms with Crippen molar-refractivity contribution in [2.24, 2.45) is 11.7 Å². The summed E-state index contributed by atoms with van der Waals surface area (Å²) in [5.41, 5.74) is 13.6. The van der Waals surface area contributed by atoms with Crippen molar-refractivity contribution in [2.75, 3.05) is 12.8 Å². The Morgan fingerprint density at radius 3 is 2.71 bits per heavy atom. The van der Waals surface area contributed by atoms with Crippen molar-refractivity contribution < 1.29 is 4.74 Å². The number of para-hydroxylation sites is 1. The number of nitrogen functional groups attached to an aromatic ring is 1. The zero-order valence-electron chi connectivity index (χ0n) is 8.36. The molecule has 4 N–H and O–H groups in total. The predicted molar refractivity (Wildman–Crippen MR) is 57.1 cm³/mol. The van der Waals surface area contributed by atoms with Crippen LogP contribution in [-0.4, -0.2) is 7.11 Å². The van der Waals surface area contributed by atoms with E-state index in [9.17, 15) is 0 Å². The number of hydrogen-bond acceptors (Lipinski definition) is 3. The van der Waals surface area contributed by atoms with E-state index in [-0.39, 0.29) is 6.04 Å². The van der Waals surface area contributed by atoms with Crippen LogP contribution in [-0.2, 0) is 0 Å². The van der Waals surface area contributed by atoms with Crippen molar-refractivity contribution in [1.29, 1.82) is 0 Å². The van der Waals surface area contributed by atoms with Gasteiger partial charge in [-0.1, -0.05) is 12.1 Å². The summed E-state index contributed by atoms with van der Waals surface area (Å²) in [6.45, 7) is 0. The average molecular weight is 192 g/mol. The predicted octanol–water partition coefficient (Wildman–Crippen LogP) is 1.69. The maximum absolute atomic E-state index is 6.11. The second kappa shape index (κ2) is 3.50. The van der Waals surface area contributed by atoms with E-state index in [1.54, 1.807) is 7.11 Å². The van der Waals surface area contributed by atoms with Gasteiger partial charge in [-0.25, -0.2) is 0 Å². The monoisotopic (exact) mass is 192 g/mol. The Morgan fingerprint density at radius 2 is 2.14 bits per heavy atom. The van der Waals surface area contributed by atoms with Gasteiger partial charge in [0.25, 0.3) is 0 Å². The van der Waals surface area contributed by atoms with Crippen molar-refractivity contribution in [3.05, 3.63) is 23.8 Å². The summed E-state index contributed by atoms with van der Waals surface area (Å²) in [4.78, 5) is 0. The van der Waals surface area contributed by atoms with E-state index in [0.717, 1.165) is 11.3 Å². The molecule has 0 unspecified atom stereocenters. The zero-order chi connectivity index (χ0) is 10.1. The third kappa shape index (κ3) is 1.55. The molecule has 1 atom stereocenters. The quantitative estimate of drug-likeness (QED) is 0.716. The van der Waals surface area contributed by atoms with E-state index in [1.165, 1.54) is 12.8 Å². The molecule has 0 radical (unpaired) electrons. The normalized spacial score (nSPS) is 17.9. The number of ether oxygens (including phenoxy) is 1. The molecule has 0 aromatic heterocycles. The summed E-state index contributed by atoms with van der Waals surface area (Å²) in [5, 5.41) is 0. The fourth-order valence-electron chi connectivity index (χ4n) is 1.78. The molecule has 14 heavy (non-hydrogen) atoms. The van der Waals surface area contributed by atoms with Gasteiger partial charge in [0.05, 0.1) is 12.8 Å². The van der Waals surface area contributed by atoms with Crippen LogP contribution >= 0.6 is 0 Å². The molecule has 1 saturated carbocycles. The van der Waals surface area contributed by atoms with Crippen molar-refractivity contribution in [1.82, 2.24) is 0 Å². The molecule has 0 aliphatic heterocycles. The fraction of sp³-hybridized carbons (Fsp3) is 0.455. The number of anilines is 1. The van der Waals surface area contributed by atoms with Gasteiger partial charge in [0.2, 0.25) is 0 Å². The van der Waals surface area contributed by atoms with Crippen molar-refractivity contribution >= 4 is 5.69 Å². The van der Waals surface area contributed by atoms with Gasteiger partial charge in [-0.05, 0) is 24.8 Å². The Morgan fingerprint density at radius 1 is 1.43 bits per heavy atom. The van der Waals surface area contributed by atoms with Crippen LogP contribution in [0.5, 0.6) is 5.75 Å². The van der Waals surface area contributed by atoms with Crippen molar-refractivity contribution in [3.8, 4) is 5.75 Å². The number of nitrogens with two attached hydrogens (primary N) is 2. The van der Waals surface area contributed by atoms with Crippen LogP contribution in [0.4, 0.5) is 5.69 Å². The lowest BCUT2D eigenvalue weighted by Gasteiger charge is -2.16. The largest absolute Gasteiger partial charge is 0.494 e. The molecule has 0 heterocycles. The Bertz CT molecular complexity index is 334. The zero-order valence-corrected chi connectivity index (χ0v) is 8.36. The third-order valence-electron chi connectivity index (χ3n) is 2.77. The Balaban J connectivity index is 2.35. The molecule has 3 heteroatoms. The molecule has 1 aromatic carbocycles. The first kappa shape index (κ1) is 9.34. The van der Waals surface area contributed by atoms with E-state index in [1.807, 2.05) is 18.2 Å². The van der Waals surface area contributed by atoms with Crippen LogP contribution in [0.1, 0.15) is 24.4 Å². The topological polar surface area (TPSA) is 61.3 Å². The lowest BCUT2D eigenvalue weighted by molar-refractivity contribution is 0.405. The molecule has 3 nitrogen and oxygen atoms in total. The number of benzene rings is 1. The summed E-state index contributed by atoms with van der Waals surface area (Å²) in [6, 6.07) is 5.84. The highest BCUT2D eigenvalue weighted by molar-refractivity contribution is 5.57. The summed E-state index contributed by atoms with van der Waals surface area (Å²) < 4.78 is 5.27. The van der Waals surface area contributed by atoms with Crippen LogP contribution in [0, 0.1) is 5.92 Å². The first-order valence-corrected chi connectivity index (χ1v) is 4.92. The second-order valence-corrected chi connectivity index (χ2v) is 3.83. The van der Waals surface area contributed by atoms with Crippen LogP contribution < -0.4 is 16.2 Å². The lowest BCUT2D eigenvalue weighted by atomic mass is 10.0. The van der Waals surface area contributed by atoms with E-state index < -0.39 is 0 Å². The second-order valence-electron chi connectivity index (χ2n) is 3.83. The average Bonchev–Trinajstić information content (AvgIpc) is 2.99. The molecule has 1 fully saturated rings. The van der Waals surface area contributed by atoms with E-state index in [4.69, 9.17) is 16.2 Å². The first-order valence-electron chi connectivity index (χ1n) is 4.92. The maximum atomic E-state index is 6.11. The first-order chi connectivity index (χ1) is 6.74. The van der Waals surface area contributed by atoms with Crippen LogP contribution in [0.2, 0.25) is 0 Å².